The van der Waals surface area contributed by atoms with Gasteiger partial charge in [0.2, 0.25) is 0 Å². The summed E-state index contributed by atoms with van der Waals surface area (Å²) in [7, 11) is 1.80. The van der Waals surface area contributed by atoms with E-state index in [-0.39, 0.29) is 5.91 Å². The standard InChI is InChI=1S/C13H21N3OS/c1-14-12-6-8-15-10-11(12)13(17)16-7-4-3-5-9-18-2/h6,8,10H,3-5,7,9H2,1-2H3,(H,14,15)(H,16,17). The first-order chi connectivity index (χ1) is 8.79. The Labute approximate surface area is 113 Å². The molecule has 0 atom stereocenters. The number of hydrogen-bond acceptors (Lipinski definition) is 4. The number of nitrogens with one attached hydrogen (secondary N) is 2. The lowest BCUT2D eigenvalue weighted by molar-refractivity contribution is 0.0953. The molecule has 0 aliphatic heterocycles. The van der Waals surface area contributed by atoms with Gasteiger partial charge in [-0.1, -0.05) is 6.42 Å². The maximum absolute atomic E-state index is 11.9. The Morgan fingerprint density at radius 2 is 2.22 bits per heavy atom. The van der Waals surface area contributed by atoms with Gasteiger partial charge in [-0.25, -0.2) is 0 Å². The lowest BCUT2D eigenvalue weighted by atomic mass is 10.2. The first kappa shape index (κ1) is 14.8. The molecule has 0 saturated heterocycles. The van der Waals surface area contributed by atoms with E-state index in [1.807, 2.05) is 11.8 Å². The number of unbranched alkanes of at least 4 members (excludes halogenated alkanes) is 2. The van der Waals surface area contributed by atoms with Gasteiger partial charge in [-0.2, -0.15) is 11.8 Å². The normalized spacial score (nSPS) is 10.1. The Morgan fingerprint density at radius 3 is 2.94 bits per heavy atom. The van der Waals surface area contributed by atoms with Crippen LogP contribution in [0.5, 0.6) is 0 Å². The van der Waals surface area contributed by atoms with Crippen LogP contribution in [0.15, 0.2) is 18.5 Å². The molecular weight excluding hydrogens is 246 g/mol. The molecule has 4 nitrogen and oxygen atoms in total. The Hall–Kier alpha value is -1.23. The third-order valence-electron chi connectivity index (χ3n) is 2.65. The minimum absolute atomic E-state index is 0.0580. The summed E-state index contributed by atoms with van der Waals surface area (Å²) in [6.45, 7) is 0.727. The fourth-order valence-electron chi connectivity index (χ4n) is 1.64. The molecule has 5 heteroatoms. The van der Waals surface area contributed by atoms with Gasteiger partial charge in [0.25, 0.3) is 5.91 Å². The number of hydrogen-bond donors (Lipinski definition) is 2. The van der Waals surface area contributed by atoms with Gasteiger partial charge in [-0.05, 0) is 30.9 Å². The van der Waals surface area contributed by atoms with Crippen molar-refractivity contribution < 1.29 is 4.79 Å². The number of thioether (sulfide) groups is 1. The van der Waals surface area contributed by atoms with Crippen molar-refractivity contribution in [2.75, 3.05) is 30.9 Å². The number of carbonyl (C=O) groups is 1. The third-order valence-corrected chi connectivity index (χ3v) is 3.34. The predicted molar refractivity (Wildman–Crippen MR) is 78.3 cm³/mol. The van der Waals surface area contributed by atoms with E-state index >= 15 is 0 Å². The van der Waals surface area contributed by atoms with E-state index in [1.54, 1.807) is 25.5 Å². The molecular formula is C13H21N3OS. The SMILES string of the molecule is CNc1ccncc1C(=O)NCCCCCSC. The molecule has 0 unspecified atom stereocenters. The summed E-state index contributed by atoms with van der Waals surface area (Å²) in [6.07, 6.45) is 8.78. The van der Waals surface area contributed by atoms with Crippen LogP contribution in [0.1, 0.15) is 29.6 Å². The largest absolute Gasteiger partial charge is 0.387 e. The van der Waals surface area contributed by atoms with E-state index < -0.39 is 0 Å². The van der Waals surface area contributed by atoms with Gasteiger partial charge in [-0.15, -0.1) is 0 Å². The predicted octanol–water partition coefficient (Wildman–Crippen LogP) is 2.39. The summed E-state index contributed by atoms with van der Waals surface area (Å²) < 4.78 is 0. The second kappa shape index (κ2) is 8.80. The Balaban J connectivity index is 2.32. The second-order valence-corrected chi connectivity index (χ2v) is 4.97. The molecule has 1 aromatic rings. The fraction of sp³-hybridized carbons (Fsp3) is 0.538. The second-order valence-electron chi connectivity index (χ2n) is 3.98. The molecule has 18 heavy (non-hydrogen) atoms. The molecule has 0 saturated carbocycles. The number of rotatable bonds is 8. The lowest BCUT2D eigenvalue weighted by Crippen LogP contribution is -2.25. The molecule has 0 aliphatic rings. The van der Waals surface area contributed by atoms with Crippen LogP contribution in [0.4, 0.5) is 5.69 Å². The first-order valence-corrected chi connectivity index (χ1v) is 7.58. The summed E-state index contributed by atoms with van der Waals surface area (Å²) in [5.74, 6) is 1.14. The van der Waals surface area contributed by atoms with Crippen molar-refractivity contribution in [3.8, 4) is 0 Å². The number of anilines is 1. The van der Waals surface area contributed by atoms with Gasteiger partial charge in [-0.3, -0.25) is 9.78 Å². The molecule has 1 amide bonds. The fourth-order valence-corrected chi connectivity index (χ4v) is 2.13. The zero-order chi connectivity index (χ0) is 13.2. The molecule has 0 aromatic carbocycles. The van der Waals surface area contributed by atoms with Crippen molar-refractivity contribution >= 4 is 23.4 Å². The van der Waals surface area contributed by atoms with Crippen LogP contribution in [-0.4, -0.2) is 36.5 Å². The number of aromatic nitrogens is 1. The van der Waals surface area contributed by atoms with Crippen LogP contribution in [0, 0.1) is 0 Å². The highest BCUT2D eigenvalue weighted by molar-refractivity contribution is 7.98. The molecule has 100 valence electrons. The number of nitrogens with zero attached hydrogens (tertiary/aromatic N) is 1. The highest BCUT2D eigenvalue weighted by Gasteiger charge is 2.09. The molecule has 0 fully saturated rings. The van der Waals surface area contributed by atoms with E-state index in [9.17, 15) is 4.79 Å². The quantitative estimate of drug-likeness (QED) is 0.710. The van der Waals surface area contributed by atoms with E-state index in [4.69, 9.17) is 0 Å². The van der Waals surface area contributed by atoms with Crippen LogP contribution < -0.4 is 10.6 Å². The summed E-state index contributed by atoms with van der Waals surface area (Å²) >= 11 is 1.86. The maximum atomic E-state index is 11.9. The third kappa shape index (κ3) is 4.96. The molecule has 2 N–H and O–H groups in total. The molecule has 1 heterocycles. The van der Waals surface area contributed by atoms with Crippen LogP contribution in [0.3, 0.4) is 0 Å². The highest BCUT2D eigenvalue weighted by atomic mass is 32.2. The van der Waals surface area contributed by atoms with Crippen LogP contribution >= 0.6 is 11.8 Å². The van der Waals surface area contributed by atoms with E-state index in [2.05, 4.69) is 21.9 Å². The average Bonchev–Trinajstić information content (AvgIpc) is 2.42. The molecule has 0 aliphatic carbocycles. The number of carbonyl (C=O) groups excluding carboxylic acids is 1. The topological polar surface area (TPSA) is 54.0 Å². The van der Waals surface area contributed by atoms with Crippen molar-refractivity contribution in [2.45, 2.75) is 19.3 Å². The van der Waals surface area contributed by atoms with Crippen LogP contribution in [-0.2, 0) is 0 Å². The van der Waals surface area contributed by atoms with Crippen molar-refractivity contribution in [3.63, 3.8) is 0 Å². The number of amides is 1. The van der Waals surface area contributed by atoms with Crippen molar-refractivity contribution in [1.29, 1.82) is 0 Å². The molecule has 1 rings (SSSR count). The van der Waals surface area contributed by atoms with Gasteiger partial charge < -0.3 is 10.6 Å². The summed E-state index contributed by atoms with van der Waals surface area (Å²) in [4.78, 5) is 15.9. The van der Waals surface area contributed by atoms with Gasteiger partial charge in [0, 0.05) is 31.7 Å². The summed E-state index contributed by atoms with van der Waals surface area (Å²) in [5, 5.41) is 5.92. The van der Waals surface area contributed by atoms with Crippen molar-refractivity contribution in [3.05, 3.63) is 24.0 Å². The molecule has 1 aromatic heterocycles. The Morgan fingerprint density at radius 1 is 1.39 bits per heavy atom. The first-order valence-electron chi connectivity index (χ1n) is 6.18. The van der Waals surface area contributed by atoms with Crippen LogP contribution in [0.2, 0.25) is 0 Å². The molecule has 0 bridgehead atoms. The highest BCUT2D eigenvalue weighted by Crippen LogP contribution is 2.12. The Kier molecular flexibility index (Phi) is 7.25. The van der Waals surface area contributed by atoms with E-state index in [0.29, 0.717) is 5.56 Å². The Bertz CT molecular complexity index is 371. The average molecular weight is 267 g/mol. The lowest BCUT2D eigenvalue weighted by Gasteiger charge is -2.08. The maximum Gasteiger partial charge on any atom is 0.254 e. The van der Waals surface area contributed by atoms with Crippen molar-refractivity contribution in [2.24, 2.45) is 0 Å². The van der Waals surface area contributed by atoms with Crippen molar-refractivity contribution in [1.82, 2.24) is 10.3 Å². The molecule has 0 radical (unpaired) electrons. The minimum Gasteiger partial charge on any atom is -0.387 e. The number of pyridine rings is 1. The minimum atomic E-state index is -0.0580. The summed E-state index contributed by atoms with van der Waals surface area (Å²) in [5.41, 5.74) is 1.41. The van der Waals surface area contributed by atoms with E-state index in [0.717, 1.165) is 25.1 Å². The smallest absolute Gasteiger partial charge is 0.254 e. The zero-order valence-corrected chi connectivity index (χ0v) is 11.8. The van der Waals surface area contributed by atoms with E-state index in [1.165, 1.54) is 12.2 Å². The van der Waals surface area contributed by atoms with Gasteiger partial charge in [0.1, 0.15) is 0 Å². The summed E-state index contributed by atoms with van der Waals surface area (Å²) in [6, 6.07) is 1.80. The van der Waals surface area contributed by atoms with Crippen LogP contribution in [0.25, 0.3) is 0 Å². The van der Waals surface area contributed by atoms with Gasteiger partial charge >= 0.3 is 0 Å². The molecule has 0 spiro atoms. The zero-order valence-electron chi connectivity index (χ0n) is 11.0. The van der Waals surface area contributed by atoms with Gasteiger partial charge in [0.15, 0.2) is 0 Å². The van der Waals surface area contributed by atoms with Gasteiger partial charge in [0.05, 0.1) is 5.56 Å². The monoisotopic (exact) mass is 267 g/mol.